The zero-order valence-electron chi connectivity index (χ0n) is 20.6. The van der Waals surface area contributed by atoms with Crippen LogP contribution in [-0.4, -0.2) is 43.0 Å². The van der Waals surface area contributed by atoms with Crippen molar-refractivity contribution in [3.8, 4) is 5.69 Å². The molecule has 9 nitrogen and oxygen atoms in total. The van der Waals surface area contributed by atoms with Crippen molar-refractivity contribution in [2.75, 3.05) is 5.32 Å². The number of benzene rings is 2. The third-order valence-electron chi connectivity index (χ3n) is 5.73. The number of carbonyl (C=O) groups excluding carboxylic acids is 1. The third-order valence-corrected chi connectivity index (χ3v) is 6.60. The number of aliphatic carboxylic acids is 1. The Morgan fingerprint density at radius 1 is 1.08 bits per heavy atom. The first-order chi connectivity index (χ1) is 17.2. The summed E-state index contributed by atoms with van der Waals surface area (Å²) in [6.07, 6.45) is 3.80. The van der Waals surface area contributed by atoms with E-state index in [1.54, 1.807) is 16.0 Å². The van der Waals surface area contributed by atoms with Crippen LogP contribution in [0.15, 0.2) is 48.8 Å². The molecule has 1 atom stereocenters. The van der Waals surface area contributed by atoms with Crippen LogP contribution < -0.4 is 10.6 Å². The molecule has 1 unspecified atom stereocenters. The van der Waals surface area contributed by atoms with E-state index in [1.165, 1.54) is 0 Å². The van der Waals surface area contributed by atoms with Crippen LogP contribution in [0, 0.1) is 27.7 Å². The van der Waals surface area contributed by atoms with Crippen LogP contribution in [0.4, 0.5) is 5.13 Å². The number of carboxylic acid groups (broad SMARTS) is 1. The Labute approximate surface area is 213 Å². The van der Waals surface area contributed by atoms with Crippen LogP contribution in [-0.2, 0) is 17.8 Å². The first kappa shape index (κ1) is 25.1. The van der Waals surface area contributed by atoms with E-state index in [0.717, 1.165) is 43.6 Å². The molecule has 36 heavy (non-hydrogen) atoms. The fraction of sp³-hybridized carbons (Fsp3) is 0.269. The highest BCUT2D eigenvalue weighted by atomic mass is 32.1. The van der Waals surface area contributed by atoms with E-state index in [2.05, 4.69) is 25.9 Å². The molecule has 0 aliphatic heterocycles. The summed E-state index contributed by atoms with van der Waals surface area (Å²) < 4.78 is 1.66. The van der Waals surface area contributed by atoms with Gasteiger partial charge in [-0.2, -0.15) is 0 Å². The number of nitrogens with one attached hydrogen (secondary N) is 2. The second-order valence-corrected chi connectivity index (χ2v) is 10.0. The number of carbonyl (C=O) groups is 2. The van der Waals surface area contributed by atoms with Crippen LogP contribution in [0.25, 0.3) is 5.69 Å². The molecule has 2 aromatic carbocycles. The lowest BCUT2D eigenvalue weighted by Crippen LogP contribution is -2.42. The fourth-order valence-electron chi connectivity index (χ4n) is 4.10. The molecule has 0 aliphatic carbocycles. The Kier molecular flexibility index (Phi) is 7.44. The first-order valence-electron chi connectivity index (χ1n) is 11.5. The van der Waals surface area contributed by atoms with Gasteiger partial charge in [0.2, 0.25) is 0 Å². The quantitative estimate of drug-likeness (QED) is 0.315. The number of hydrogen-bond donors (Lipinski definition) is 3. The number of anilines is 1. The molecule has 186 valence electrons. The van der Waals surface area contributed by atoms with Gasteiger partial charge in [-0.3, -0.25) is 4.79 Å². The van der Waals surface area contributed by atoms with E-state index in [0.29, 0.717) is 12.1 Å². The zero-order valence-corrected chi connectivity index (χ0v) is 21.4. The summed E-state index contributed by atoms with van der Waals surface area (Å²) in [6.45, 7) is 8.18. The first-order valence-corrected chi connectivity index (χ1v) is 12.3. The number of rotatable bonds is 9. The van der Waals surface area contributed by atoms with Crippen molar-refractivity contribution in [2.24, 2.45) is 0 Å². The molecule has 0 spiro atoms. The van der Waals surface area contributed by atoms with Crippen LogP contribution in [0.1, 0.15) is 43.2 Å². The van der Waals surface area contributed by atoms with Crippen molar-refractivity contribution < 1.29 is 14.7 Å². The number of aromatic nitrogens is 4. The highest BCUT2D eigenvalue weighted by molar-refractivity contribution is 7.15. The van der Waals surface area contributed by atoms with Gasteiger partial charge in [0.1, 0.15) is 11.7 Å². The number of amides is 1. The van der Waals surface area contributed by atoms with Crippen LogP contribution in [0.5, 0.6) is 0 Å². The monoisotopic (exact) mass is 504 g/mol. The average Bonchev–Trinajstić information content (AvgIpc) is 3.46. The molecule has 3 N–H and O–H groups in total. The lowest BCUT2D eigenvalue weighted by molar-refractivity contribution is -0.139. The number of carboxylic acids is 1. The molecule has 1 amide bonds. The summed E-state index contributed by atoms with van der Waals surface area (Å²) in [7, 11) is 0. The smallest absolute Gasteiger partial charge is 0.326 e. The summed E-state index contributed by atoms with van der Waals surface area (Å²) >= 11 is 1.58. The van der Waals surface area contributed by atoms with Gasteiger partial charge in [-0.1, -0.05) is 35.0 Å². The van der Waals surface area contributed by atoms with Crippen LogP contribution in [0.3, 0.4) is 0 Å². The molecule has 10 heteroatoms. The topological polar surface area (TPSA) is 122 Å². The highest BCUT2D eigenvalue weighted by Gasteiger charge is 2.23. The fourth-order valence-corrected chi connectivity index (χ4v) is 4.76. The van der Waals surface area contributed by atoms with Gasteiger partial charge in [0.25, 0.3) is 5.91 Å². The molecular formula is C26H28N6O3S. The molecule has 0 aliphatic rings. The lowest BCUT2D eigenvalue weighted by Gasteiger charge is -2.17. The second-order valence-electron chi connectivity index (χ2n) is 8.79. The van der Waals surface area contributed by atoms with Gasteiger partial charge in [0, 0.05) is 23.1 Å². The van der Waals surface area contributed by atoms with Gasteiger partial charge in [-0.05, 0) is 56.5 Å². The molecule has 0 bridgehead atoms. The Balaban J connectivity index is 1.40. The Morgan fingerprint density at radius 2 is 1.78 bits per heavy atom. The standard InChI is InChI=1S/C26H28N6O3S/c1-15-9-16(2)23(17(3)10-15)24(33)29-22(25(34)35)11-19-5-7-21(8-6-19)32-14-20(30-31-32)13-28-26-27-12-18(4)36-26/h5-10,12,14,22H,11,13H2,1-4H3,(H,27,28)(H,29,33)(H,34,35). The Morgan fingerprint density at radius 3 is 2.39 bits per heavy atom. The number of aryl methyl sites for hydroxylation is 4. The van der Waals surface area contributed by atoms with Crippen molar-refractivity contribution >= 4 is 28.3 Å². The lowest BCUT2D eigenvalue weighted by atomic mass is 9.98. The molecule has 0 fully saturated rings. The maximum atomic E-state index is 12.9. The SMILES string of the molecule is Cc1cc(C)c(C(=O)NC(Cc2ccc(-n3cc(CNc4ncc(C)s4)nn3)cc2)C(=O)O)c(C)c1. The summed E-state index contributed by atoms with van der Waals surface area (Å²) in [6, 6.07) is 10.1. The zero-order chi connectivity index (χ0) is 25.8. The van der Waals surface area contributed by atoms with Crippen molar-refractivity contribution in [3.63, 3.8) is 0 Å². The predicted octanol–water partition coefficient (Wildman–Crippen LogP) is 4.00. The van der Waals surface area contributed by atoms with Crippen molar-refractivity contribution in [2.45, 2.75) is 46.7 Å². The normalized spacial score (nSPS) is 11.8. The number of thiazole rings is 1. The molecule has 4 aromatic rings. The van der Waals surface area contributed by atoms with E-state index in [9.17, 15) is 14.7 Å². The molecule has 0 saturated heterocycles. The Hall–Kier alpha value is -4.05. The van der Waals surface area contributed by atoms with Gasteiger partial charge in [0.15, 0.2) is 5.13 Å². The molecule has 2 aromatic heterocycles. The largest absolute Gasteiger partial charge is 0.480 e. The second kappa shape index (κ2) is 10.7. The number of nitrogens with zero attached hydrogens (tertiary/aromatic N) is 4. The predicted molar refractivity (Wildman–Crippen MR) is 139 cm³/mol. The van der Waals surface area contributed by atoms with E-state index < -0.39 is 12.0 Å². The summed E-state index contributed by atoms with van der Waals surface area (Å²) in [4.78, 5) is 30.2. The summed E-state index contributed by atoms with van der Waals surface area (Å²) in [5, 5.41) is 24.8. The van der Waals surface area contributed by atoms with Crippen LogP contribution >= 0.6 is 11.3 Å². The summed E-state index contributed by atoms with van der Waals surface area (Å²) in [5.41, 5.74) is 5.56. The summed E-state index contributed by atoms with van der Waals surface area (Å²) in [5.74, 6) is -1.47. The van der Waals surface area contributed by atoms with E-state index in [-0.39, 0.29) is 12.3 Å². The molecular weight excluding hydrogens is 476 g/mol. The van der Waals surface area contributed by atoms with Crippen LogP contribution in [0.2, 0.25) is 0 Å². The molecule has 0 saturated carbocycles. The molecule has 0 radical (unpaired) electrons. The number of hydrogen-bond acceptors (Lipinski definition) is 7. The maximum Gasteiger partial charge on any atom is 0.326 e. The minimum absolute atomic E-state index is 0.158. The van der Waals surface area contributed by atoms with Crippen molar-refractivity contribution in [3.05, 3.63) is 87.2 Å². The Bertz CT molecular complexity index is 1370. The minimum Gasteiger partial charge on any atom is -0.480 e. The molecule has 4 rings (SSSR count). The molecule has 2 heterocycles. The van der Waals surface area contributed by atoms with Gasteiger partial charge in [0.05, 0.1) is 18.4 Å². The van der Waals surface area contributed by atoms with Gasteiger partial charge in [-0.25, -0.2) is 14.5 Å². The maximum absolute atomic E-state index is 12.9. The highest BCUT2D eigenvalue weighted by Crippen LogP contribution is 2.19. The minimum atomic E-state index is -1.08. The van der Waals surface area contributed by atoms with E-state index in [1.807, 2.05) is 76.5 Å². The average molecular weight is 505 g/mol. The van der Waals surface area contributed by atoms with Crippen molar-refractivity contribution in [1.82, 2.24) is 25.3 Å². The van der Waals surface area contributed by atoms with Gasteiger partial charge < -0.3 is 15.7 Å². The van der Waals surface area contributed by atoms with Gasteiger partial charge >= 0.3 is 5.97 Å². The van der Waals surface area contributed by atoms with Gasteiger partial charge in [-0.15, -0.1) is 16.4 Å². The van der Waals surface area contributed by atoms with E-state index >= 15 is 0 Å². The third kappa shape index (κ3) is 5.95. The van der Waals surface area contributed by atoms with Crippen molar-refractivity contribution in [1.29, 1.82) is 0 Å². The van der Waals surface area contributed by atoms with E-state index in [4.69, 9.17) is 0 Å².